The number of ether oxygens (including phenoxy) is 1. The van der Waals surface area contributed by atoms with Crippen LogP contribution in [0.4, 0.5) is 15.2 Å². The molecule has 0 aliphatic carbocycles. The van der Waals surface area contributed by atoms with Gasteiger partial charge >= 0.3 is 6.09 Å². The van der Waals surface area contributed by atoms with Crippen LogP contribution in [-0.2, 0) is 0 Å². The van der Waals surface area contributed by atoms with Crippen molar-refractivity contribution in [3.63, 3.8) is 0 Å². The molecule has 0 aromatic heterocycles. The van der Waals surface area contributed by atoms with Crippen molar-refractivity contribution in [3.8, 4) is 5.75 Å². The highest BCUT2D eigenvalue weighted by molar-refractivity contribution is 5.83. The van der Waals surface area contributed by atoms with Crippen LogP contribution < -0.4 is 10.1 Å². The molecule has 0 spiro atoms. The van der Waals surface area contributed by atoms with Gasteiger partial charge in [0.1, 0.15) is 5.75 Å². The first-order valence-electron chi connectivity index (χ1n) is 3.36. The van der Waals surface area contributed by atoms with Crippen LogP contribution in [0.5, 0.6) is 5.75 Å². The second kappa shape index (κ2) is 4.97. The highest BCUT2D eigenvalue weighted by atomic mass is 19.0. The van der Waals surface area contributed by atoms with Crippen LogP contribution in [0, 0.1) is 0 Å². The van der Waals surface area contributed by atoms with Crippen molar-refractivity contribution in [1.29, 1.82) is 0 Å². The number of nitrogens with one attached hydrogen (secondary N) is 1. The predicted molar refractivity (Wildman–Crippen MR) is 47.1 cm³/mol. The van der Waals surface area contributed by atoms with E-state index in [1.54, 1.807) is 24.3 Å². The van der Waals surface area contributed by atoms with Crippen molar-refractivity contribution in [1.82, 2.24) is 0 Å². The van der Waals surface area contributed by atoms with Crippen LogP contribution in [-0.4, -0.2) is 18.3 Å². The maximum Gasteiger partial charge on any atom is 0.409 e. The summed E-state index contributed by atoms with van der Waals surface area (Å²) in [6.45, 7) is 0. The number of methoxy groups -OCH3 is 1. The lowest BCUT2D eigenvalue weighted by Gasteiger charge is -2.02. The minimum absolute atomic E-state index is 0. The second-order valence-corrected chi connectivity index (χ2v) is 2.16. The van der Waals surface area contributed by atoms with Crippen molar-refractivity contribution in [2.24, 2.45) is 0 Å². The number of rotatable bonds is 2. The summed E-state index contributed by atoms with van der Waals surface area (Å²) in [7, 11) is 1.53. The quantitative estimate of drug-likeness (QED) is 0.743. The number of carbonyl (C=O) groups is 1. The molecular weight excluding hydrogens is 177 g/mol. The summed E-state index contributed by atoms with van der Waals surface area (Å²) < 4.78 is 4.90. The van der Waals surface area contributed by atoms with E-state index >= 15 is 0 Å². The standard InChI is InChI=1S/C8H9NO3.FH/c1-12-7-4-2-3-6(5-7)9-8(10)11;/h2-5,9H,1H3,(H,10,11);1H. The van der Waals surface area contributed by atoms with Gasteiger partial charge in [-0.2, -0.15) is 0 Å². The fourth-order valence-corrected chi connectivity index (χ4v) is 0.824. The molecular formula is C8H10FNO3. The van der Waals surface area contributed by atoms with Gasteiger partial charge in [0, 0.05) is 11.8 Å². The number of anilines is 1. The third-order valence-corrected chi connectivity index (χ3v) is 1.32. The Morgan fingerprint density at radius 2 is 2.23 bits per heavy atom. The Labute approximate surface area is 74.5 Å². The van der Waals surface area contributed by atoms with Gasteiger partial charge in [0.25, 0.3) is 0 Å². The molecule has 0 aliphatic rings. The molecule has 0 radical (unpaired) electrons. The van der Waals surface area contributed by atoms with E-state index in [4.69, 9.17) is 9.84 Å². The molecule has 1 aromatic carbocycles. The minimum atomic E-state index is -1.08. The van der Waals surface area contributed by atoms with E-state index in [0.29, 0.717) is 11.4 Å². The normalized spacial score (nSPS) is 8.38. The number of hydrogen-bond donors (Lipinski definition) is 2. The average Bonchev–Trinajstić information content (AvgIpc) is 2.03. The molecule has 0 saturated heterocycles. The second-order valence-electron chi connectivity index (χ2n) is 2.16. The van der Waals surface area contributed by atoms with Crippen molar-refractivity contribution in [2.75, 3.05) is 12.4 Å². The fraction of sp³-hybridized carbons (Fsp3) is 0.125. The van der Waals surface area contributed by atoms with Crippen molar-refractivity contribution in [3.05, 3.63) is 24.3 Å². The lowest BCUT2D eigenvalue weighted by Crippen LogP contribution is -2.06. The summed E-state index contributed by atoms with van der Waals surface area (Å²) in [5.41, 5.74) is 0.502. The SMILES string of the molecule is COc1cccc(NC(=O)O)c1.F. The predicted octanol–water partition coefficient (Wildman–Crippen LogP) is 1.94. The van der Waals surface area contributed by atoms with Crippen molar-refractivity contribution in [2.45, 2.75) is 0 Å². The molecule has 0 heterocycles. The van der Waals surface area contributed by atoms with Gasteiger partial charge in [0.2, 0.25) is 0 Å². The first-order valence-corrected chi connectivity index (χ1v) is 3.36. The van der Waals surface area contributed by atoms with Crippen LogP contribution in [0.2, 0.25) is 0 Å². The highest BCUT2D eigenvalue weighted by Gasteiger charge is 1.97. The van der Waals surface area contributed by atoms with Gasteiger partial charge < -0.3 is 9.84 Å². The van der Waals surface area contributed by atoms with Crippen molar-refractivity contribution >= 4 is 11.8 Å². The third-order valence-electron chi connectivity index (χ3n) is 1.32. The Hall–Kier alpha value is -1.78. The molecule has 5 heteroatoms. The van der Waals surface area contributed by atoms with Gasteiger partial charge in [-0.3, -0.25) is 10.0 Å². The zero-order chi connectivity index (χ0) is 8.97. The first kappa shape index (κ1) is 11.2. The Bertz CT molecular complexity index is 290. The Morgan fingerprint density at radius 1 is 1.54 bits per heavy atom. The maximum atomic E-state index is 10.2. The van der Waals surface area contributed by atoms with E-state index in [1.807, 2.05) is 0 Å². The summed E-state index contributed by atoms with van der Waals surface area (Å²) >= 11 is 0. The van der Waals surface area contributed by atoms with Gasteiger partial charge in [-0.1, -0.05) is 6.07 Å². The lowest BCUT2D eigenvalue weighted by atomic mass is 10.3. The summed E-state index contributed by atoms with van der Waals surface area (Å²) in [6, 6.07) is 6.71. The number of carboxylic acid groups (broad SMARTS) is 1. The molecule has 0 bridgehead atoms. The van der Waals surface area contributed by atoms with E-state index in [0.717, 1.165) is 0 Å². The molecule has 0 saturated carbocycles. The number of halogens is 1. The largest absolute Gasteiger partial charge is 0.497 e. The van der Waals surface area contributed by atoms with E-state index < -0.39 is 6.09 Å². The lowest BCUT2D eigenvalue weighted by molar-refractivity contribution is 0.210. The van der Waals surface area contributed by atoms with Gasteiger partial charge in [-0.15, -0.1) is 0 Å². The fourth-order valence-electron chi connectivity index (χ4n) is 0.824. The summed E-state index contributed by atoms with van der Waals surface area (Å²) in [4.78, 5) is 10.2. The summed E-state index contributed by atoms with van der Waals surface area (Å²) in [6.07, 6.45) is -1.08. The first-order chi connectivity index (χ1) is 5.72. The van der Waals surface area contributed by atoms with Gasteiger partial charge in [-0.05, 0) is 12.1 Å². The number of hydrogen-bond acceptors (Lipinski definition) is 2. The highest BCUT2D eigenvalue weighted by Crippen LogP contribution is 2.16. The van der Waals surface area contributed by atoms with Gasteiger partial charge in [-0.25, -0.2) is 4.79 Å². The van der Waals surface area contributed by atoms with Crippen LogP contribution in [0.3, 0.4) is 0 Å². The van der Waals surface area contributed by atoms with E-state index in [1.165, 1.54) is 7.11 Å². The zero-order valence-electron chi connectivity index (χ0n) is 6.98. The molecule has 0 aliphatic heterocycles. The molecule has 0 unspecified atom stereocenters. The van der Waals surface area contributed by atoms with Crippen LogP contribution in [0.15, 0.2) is 24.3 Å². The molecule has 13 heavy (non-hydrogen) atoms. The maximum absolute atomic E-state index is 10.2. The summed E-state index contributed by atoms with van der Waals surface area (Å²) in [5, 5.41) is 10.6. The molecule has 0 atom stereocenters. The molecule has 1 amide bonds. The number of amides is 1. The van der Waals surface area contributed by atoms with Crippen LogP contribution in [0.25, 0.3) is 0 Å². The summed E-state index contributed by atoms with van der Waals surface area (Å²) in [5.74, 6) is 0.626. The van der Waals surface area contributed by atoms with Crippen molar-refractivity contribution < 1.29 is 19.3 Å². The molecule has 72 valence electrons. The molecule has 1 rings (SSSR count). The van der Waals surface area contributed by atoms with Gasteiger partial charge in [0.15, 0.2) is 0 Å². The molecule has 2 N–H and O–H groups in total. The smallest absolute Gasteiger partial charge is 0.409 e. The monoisotopic (exact) mass is 187 g/mol. The Morgan fingerprint density at radius 3 is 2.77 bits per heavy atom. The molecule has 0 fully saturated rings. The third kappa shape index (κ3) is 3.42. The van der Waals surface area contributed by atoms with Crippen LogP contribution in [0.1, 0.15) is 0 Å². The zero-order valence-corrected chi connectivity index (χ0v) is 6.98. The van der Waals surface area contributed by atoms with Crippen LogP contribution >= 0.6 is 0 Å². The van der Waals surface area contributed by atoms with E-state index in [-0.39, 0.29) is 4.70 Å². The Kier molecular flexibility index (Phi) is 4.29. The molecule has 1 aromatic rings. The van der Waals surface area contributed by atoms with E-state index in [2.05, 4.69) is 5.32 Å². The Balaban J connectivity index is 0.00000144. The number of benzene rings is 1. The minimum Gasteiger partial charge on any atom is -0.497 e. The van der Waals surface area contributed by atoms with Gasteiger partial charge in [0.05, 0.1) is 7.11 Å². The van der Waals surface area contributed by atoms with E-state index in [9.17, 15) is 4.79 Å². The topological polar surface area (TPSA) is 58.6 Å². The molecule has 4 nitrogen and oxygen atoms in total. The average molecular weight is 187 g/mol.